The molecule has 0 spiro atoms. The number of aliphatic carboxylic acids is 1. The molecule has 0 aromatic heterocycles. The lowest BCUT2D eigenvalue weighted by Gasteiger charge is -2.18. The van der Waals surface area contributed by atoms with Gasteiger partial charge in [0.1, 0.15) is 0 Å². The van der Waals surface area contributed by atoms with Crippen LogP contribution in [-0.2, 0) is 9.59 Å². The zero-order valence-electron chi connectivity index (χ0n) is 12.5. The Morgan fingerprint density at radius 3 is 2.40 bits per heavy atom. The minimum absolute atomic E-state index is 0. The number of anilines is 1. The molecular formula is C14H14Cl3F3N2O3. The summed E-state index contributed by atoms with van der Waals surface area (Å²) in [6.45, 7) is -1.25. The second-order valence-electron chi connectivity index (χ2n) is 5.46. The molecule has 0 radical (unpaired) electrons. The first-order chi connectivity index (χ1) is 11.1. The molecular weight excluding hydrogens is 408 g/mol. The molecule has 5 nitrogen and oxygen atoms in total. The number of carboxylic acid groups (broad SMARTS) is 1. The highest BCUT2D eigenvalue weighted by atomic mass is 35.5. The summed E-state index contributed by atoms with van der Waals surface area (Å²) >= 11 is 11.6. The molecule has 1 saturated heterocycles. The van der Waals surface area contributed by atoms with Crippen molar-refractivity contribution in [2.45, 2.75) is 6.18 Å². The zero-order valence-corrected chi connectivity index (χ0v) is 14.8. The summed E-state index contributed by atoms with van der Waals surface area (Å²) in [6, 6.07) is 4.37. The Morgan fingerprint density at radius 2 is 1.92 bits per heavy atom. The molecule has 0 saturated carbocycles. The van der Waals surface area contributed by atoms with Crippen LogP contribution in [0, 0.1) is 11.8 Å². The van der Waals surface area contributed by atoms with Crippen LogP contribution in [0.3, 0.4) is 0 Å². The van der Waals surface area contributed by atoms with Crippen molar-refractivity contribution < 1.29 is 27.9 Å². The van der Waals surface area contributed by atoms with Crippen LogP contribution in [0.2, 0.25) is 10.0 Å². The summed E-state index contributed by atoms with van der Waals surface area (Å²) in [4.78, 5) is 24.1. The normalized spacial score (nSPS) is 20.8. The van der Waals surface area contributed by atoms with Crippen LogP contribution in [0.25, 0.3) is 0 Å². The standard InChI is InChI=1S/C14H13Cl2F3N2O3.ClH/c15-7-1-2-11(10(16)3-7)20-12(22)6-21-4-8(13(23)24)9(5-21)14(17,18)19;/h1-3,8-9H,4-6H2,(H,20,22)(H,23,24);1H/t8-,9-;/m1./s1. The van der Waals surface area contributed by atoms with Crippen LogP contribution in [0.4, 0.5) is 18.9 Å². The summed E-state index contributed by atoms with van der Waals surface area (Å²) in [5.41, 5.74) is 0.271. The number of halogens is 6. The minimum Gasteiger partial charge on any atom is -0.481 e. The molecule has 1 aromatic carbocycles. The van der Waals surface area contributed by atoms with Gasteiger partial charge in [0.25, 0.3) is 0 Å². The highest BCUT2D eigenvalue weighted by molar-refractivity contribution is 6.36. The van der Waals surface area contributed by atoms with Gasteiger partial charge < -0.3 is 10.4 Å². The molecule has 140 valence electrons. The third kappa shape index (κ3) is 5.64. The fourth-order valence-corrected chi connectivity index (χ4v) is 3.04. The van der Waals surface area contributed by atoms with Crippen molar-refractivity contribution in [2.75, 3.05) is 25.0 Å². The molecule has 1 fully saturated rings. The summed E-state index contributed by atoms with van der Waals surface area (Å²) in [7, 11) is 0. The number of alkyl halides is 3. The molecule has 2 rings (SSSR count). The second-order valence-corrected chi connectivity index (χ2v) is 6.30. The van der Waals surface area contributed by atoms with Crippen molar-refractivity contribution in [2.24, 2.45) is 11.8 Å². The number of likely N-dealkylation sites (tertiary alicyclic amines) is 1. The fourth-order valence-electron chi connectivity index (χ4n) is 2.58. The molecule has 2 N–H and O–H groups in total. The number of hydrogen-bond donors (Lipinski definition) is 2. The molecule has 0 unspecified atom stereocenters. The van der Waals surface area contributed by atoms with E-state index in [-0.39, 0.29) is 36.2 Å². The van der Waals surface area contributed by atoms with E-state index in [0.29, 0.717) is 5.02 Å². The van der Waals surface area contributed by atoms with Crippen LogP contribution in [0.15, 0.2) is 18.2 Å². The van der Waals surface area contributed by atoms with E-state index in [0.717, 1.165) is 4.90 Å². The fraction of sp³-hybridized carbons (Fsp3) is 0.429. The van der Waals surface area contributed by atoms with Gasteiger partial charge in [-0.1, -0.05) is 23.2 Å². The number of nitrogens with one attached hydrogen (secondary N) is 1. The van der Waals surface area contributed by atoms with E-state index in [1.165, 1.54) is 18.2 Å². The Labute approximate surface area is 157 Å². The lowest BCUT2D eigenvalue weighted by atomic mass is 9.96. The van der Waals surface area contributed by atoms with Crippen molar-refractivity contribution in [3.8, 4) is 0 Å². The third-order valence-electron chi connectivity index (χ3n) is 3.71. The zero-order chi connectivity index (χ0) is 18.1. The first kappa shape index (κ1) is 21.8. The number of carboxylic acids is 1. The van der Waals surface area contributed by atoms with E-state index >= 15 is 0 Å². The van der Waals surface area contributed by atoms with Gasteiger partial charge in [-0.05, 0) is 18.2 Å². The molecule has 1 aromatic rings. The van der Waals surface area contributed by atoms with Gasteiger partial charge in [-0.15, -0.1) is 12.4 Å². The number of nitrogens with zero attached hydrogens (tertiary/aromatic N) is 1. The maximum atomic E-state index is 12.9. The highest BCUT2D eigenvalue weighted by Gasteiger charge is 2.52. The molecule has 25 heavy (non-hydrogen) atoms. The van der Waals surface area contributed by atoms with Gasteiger partial charge >= 0.3 is 12.1 Å². The topological polar surface area (TPSA) is 69.6 Å². The Kier molecular flexibility index (Phi) is 7.37. The van der Waals surface area contributed by atoms with Crippen LogP contribution < -0.4 is 5.32 Å². The van der Waals surface area contributed by atoms with Crippen molar-refractivity contribution in [1.82, 2.24) is 4.90 Å². The van der Waals surface area contributed by atoms with E-state index < -0.39 is 36.4 Å². The van der Waals surface area contributed by atoms with E-state index in [1.807, 2.05) is 0 Å². The Balaban J connectivity index is 0.00000312. The number of benzene rings is 1. The SMILES string of the molecule is Cl.O=C(CN1C[C@@H](C(F)(F)F)[C@H](C(=O)O)C1)Nc1ccc(Cl)cc1Cl. The Hall–Kier alpha value is -1.22. The smallest absolute Gasteiger partial charge is 0.393 e. The summed E-state index contributed by atoms with van der Waals surface area (Å²) < 4.78 is 38.7. The lowest BCUT2D eigenvalue weighted by Crippen LogP contribution is -2.34. The maximum Gasteiger partial charge on any atom is 0.393 e. The van der Waals surface area contributed by atoms with Gasteiger partial charge in [0, 0.05) is 18.1 Å². The van der Waals surface area contributed by atoms with E-state index in [9.17, 15) is 22.8 Å². The maximum absolute atomic E-state index is 12.9. The number of amides is 1. The molecule has 11 heteroatoms. The van der Waals surface area contributed by atoms with Gasteiger partial charge in [0.05, 0.1) is 29.1 Å². The highest BCUT2D eigenvalue weighted by Crippen LogP contribution is 2.37. The molecule has 1 aliphatic heterocycles. The third-order valence-corrected chi connectivity index (χ3v) is 4.25. The number of carbonyl (C=O) groups is 2. The molecule has 1 heterocycles. The molecule has 2 atom stereocenters. The quantitative estimate of drug-likeness (QED) is 0.780. The summed E-state index contributed by atoms with van der Waals surface area (Å²) in [5.74, 6) is -5.70. The predicted octanol–water partition coefficient (Wildman–Crippen LogP) is 3.55. The number of rotatable bonds is 4. The van der Waals surface area contributed by atoms with E-state index in [1.54, 1.807) is 0 Å². The summed E-state index contributed by atoms with van der Waals surface area (Å²) in [6.07, 6.45) is -4.63. The van der Waals surface area contributed by atoms with Crippen LogP contribution in [-0.4, -0.2) is 47.7 Å². The minimum atomic E-state index is -4.63. The lowest BCUT2D eigenvalue weighted by molar-refractivity contribution is -0.188. The van der Waals surface area contributed by atoms with Crippen LogP contribution in [0.1, 0.15) is 0 Å². The number of hydrogen-bond acceptors (Lipinski definition) is 3. The second kappa shape index (κ2) is 8.44. The largest absolute Gasteiger partial charge is 0.481 e. The Bertz CT molecular complexity index is 658. The first-order valence-corrected chi connectivity index (χ1v) is 7.60. The van der Waals surface area contributed by atoms with Crippen molar-refractivity contribution >= 4 is 53.2 Å². The molecule has 1 aliphatic rings. The molecule has 0 bridgehead atoms. The monoisotopic (exact) mass is 420 g/mol. The van der Waals surface area contributed by atoms with Crippen LogP contribution in [0.5, 0.6) is 0 Å². The van der Waals surface area contributed by atoms with Gasteiger partial charge in [-0.3, -0.25) is 14.5 Å². The van der Waals surface area contributed by atoms with E-state index in [4.69, 9.17) is 28.3 Å². The first-order valence-electron chi connectivity index (χ1n) is 6.84. The van der Waals surface area contributed by atoms with Gasteiger partial charge in [-0.25, -0.2) is 0 Å². The van der Waals surface area contributed by atoms with Crippen molar-refractivity contribution in [3.63, 3.8) is 0 Å². The van der Waals surface area contributed by atoms with Crippen LogP contribution >= 0.6 is 35.6 Å². The average molecular weight is 422 g/mol. The Morgan fingerprint density at radius 1 is 1.28 bits per heavy atom. The van der Waals surface area contributed by atoms with Crippen molar-refractivity contribution in [1.29, 1.82) is 0 Å². The number of carbonyl (C=O) groups excluding carboxylic acids is 1. The predicted molar refractivity (Wildman–Crippen MR) is 89.5 cm³/mol. The van der Waals surface area contributed by atoms with Crippen molar-refractivity contribution in [3.05, 3.63) is 28.2 Å². The summed E-state index contributed by atoms with van der Waals surface area (Å²) in [5, 5.41) is 12.0. The van der Waals surface area contributed by atoms with Gasteiger partial charge in [0.2, 0.25) is 5.91 Å². The van der Waals surface area contributed by atoms with E-state index in [2.05, 4.69) is 5.32 Å². The molecule has 1 amide bonds. The molecule has 0 aliphatic carbocycles. The van der Waals surface area contributed by atoms with Gasteiger partial charge in [0.15, 0.2) is 0 Å². The van der Waals surface area contributed by atoms with Gasteiger partial charge in [-0.2, -0.15) is 13.2 Å². The average Bonchev–Trinajstić information content (AvgIpc) is 2.86.